The number of hydrogen-bond donors (Lipinski definition) is 2. The van der Waals surface area contributed by atoms with Crippen molar-refractivity contribution in [3.05, 3.63) is 29.5 Å². The molecule has 1 aromatic carbocycles. The van der Waals surface area contributed by atoms with Gasteiger partial charge in [0, 0.05) is 17.5 Å². The van der Waals surface area contributed by atoms with Crippen LogP contribution >= 0.6 is 0 Å². The molecular weight excluding hydrogens is 284 g/mol. The molecule has 0 saturated heterocycles. The minimum Gasteiger partial charge on any atom is -0.497 e. The molecule has 2 rings (SSSR count). The summed E-state index contributed by atoms with van der Waals surface area (Å²) in [4.78, 5) is 24.0. The van der Waals surface area contributed by atoms with Crippen LogP contribution in [0.2, 0.25) is 0 Å². The zero-order valence-electron chi connectivity index (χ0n) is 13.1. The molecule has 2 aromatic rings. The monoisotopic (exact) mass is 304 g/mol. The van der Waals surface area contributed by atoms with Crippen molar-refractivity contribution in [3.8, 4) is 5.75 Å². The summed E-state index contributed by atoms with van der Waals surface area (Å²) in [5, 5.41) is 6.11. The summed E-state index contributed by atoms with van der Waals surface area (Å²) < 4.78 is 10.8. The number of benzene rings is 1. The number of methoxy groups -OCH3 is 1. The highest BCUT2D eigenvalue weighted by molar-refractivity contribution is 6.01. The molecule has 0 fully saturated rings. The van der Waals surface area contributed by atoms with Gasteiger partial charge in [-0.15, -0.1) is 0 Å². The molecule has 0 aliphatic rings. The molecule has 22 heavy (non-hydrogen) atoms. The SMILES string of the molecule is CCNC(=O)C(C)NC(=O)c1oc2ccc(OC)cc2c1C. The zero-order chi connectivity index (χ0) is 16.3. The number of hydrogen-bond acceptors (Lipinski definition) is 4. The Morgan fingerprint density at radius 3 is 2.73 bits per heavy atom. The van der Waals surface area contributed by atoms with E-state index in [1.165, 1.54) is 0 Å². The number of furan rings is 1. The second-order valence-electron chi connectivity index (χ2n) is 5.01. The lowest BCUT2D eigenvalue weighted by Gasteiger charge is -2.12. The van der Waals surface area contributed by atoms with Gasteiger partial charge in [0.25, 0.3) is 5.91 Å². The maximum Gasteiger partial charge on any atom is 0.287 e. The molecule has 0 aliphatic carbocycles. The van der Waals surface area contributed by atoms with E-state index in [1.807, 2.05) is 13.0 Å². The number of likely N-dealkylation sites (N-methyl/N-ethyl adjacent to an activating group) is 1. The Labute approximate surface area is 128 Å². The molecular formula is C16H20N2O4. The van der Waals surface area contributed by atoms with Crippen molar-refractivity contribution in [2.24, 2.45) is 0 Å². The Balaban J connectivity index is 2.25. The molecule has 6 heteroatoms. The molecule has 1 unspecified atom stereocenters. The first-order chi connectivity index (χ1) is 10.5. The summed E-state index contributed by atoms with van der Waals surface area (Å²) in [5.74, 6) is 0.260. The predicted octanol–water partition coefficient (Wildman–Crippen LogP) is 2.00. The highest BCUT2D eigenvalue weighted by atomic mass is 16.5. The van der Waals surface area contributed by atoms with Crippen LogP contribution in [0.5, 0.6) is 5.75 Å². The second kappa shape index (κ2) is 6.51. The van der Waals surface area contributed by atoms with Crippen LogP contribution in [0.3, 0.4) is 0 Å². The predicted molar refractivity (Wildman–Crippen MR) is 83.1 cm³/mol. The van der Waals surface area contributed by atoms with Crippen molar-refractivity contribution >= 4 is 22.8 Å². The van der Waals surface area contributed by atoms with Crippen LogP contribution in [0, 0.1) is 6.92 Å². The third-order valence-corrected chi connectivity index (χ3v) is 3.44. The fourth-order valence-corrected chi connectivity index (χ4v) is 2.20. The van der Waals surface area contributed by atoms with Gasteiger partial charge in [-0.1, -0.05) is 0 Å². The topological polar surface area (TPSA) is 80.6 Å². The zero-order valence-corrected chi connectivity index (χ0v) is 13.1. The molecule has 118 valence electrons. The molecule has 0 aliphatic heterocycles. The van der Waals surface area contributed by atoms with Crippen molar-refractivity contribution < 1.29 is 18.7 Å². The van der Waals surface area contributed by atoms with E-state index in [-0.39, 0.29) is 11.7 Å². The lowest BCUT2D eigenvalue weighted by atomic mass is 10.1. The van der Waals surface area contributed by atoms with Crippen molar-refractivity contribution in [2.75, 3.05) is 13.7 Å². The van der Waals surface area contributed by atoms with E-state index in [9.17, 15) is 9.59 Å². The first-order valence-corrected chi connectivity index (χ1v) is 7.13. The van der Waals surface area contributed by atoms with E-state index in [4.69, 9.17) is 9.15 Å². The summed E-state index contributed by atoms with van der Waals surface area (Å²) in [6.45, 7) is 5.77. The quantitative estimate of drug-likeness (QED) is 0.885. The van der Waals surface area contributed by atoms with E-state index in [0.717, 1.165) is 10.9 Å². The standard InChI is InChI=1S/C16H20N2O4/c1-5-17-15(19)10(3)18-16(20)14-9(2)12-8-11(21-4)6-7-13(12)22-14/h6-8,10H,5H2,1-4H3,(H,17,19)(H,18,20). The average molecular weight is 304 g/mol. The van der Waals surface area contributed by atoms with Crippen LogP contribution in [0.4, 0.5) is 0 Å². The van der Waals surface area contributed by atoms with Crippen LogP contribution in [0.1, 0.15) is 30.0 Å². The van der Waals surface area contributed by atoms with Gasteiger partial charge in [0.05, 0.1) is 7.11 Å². The largest absolute Gasteiger partial charge is 0.497 e. The van der Waals surface area contributed by atoms with Crippen molar-refractivity contribution in [3.63, 3.8) is 0 Å². The molecule has 2 N–H and O–H groups in total. The van der Waals surface area contributed by atoms with Gasteiger partial charge in [-0.2, -0.15) is 0 Å². The fraction of sp³-hybridized carbons (Fsp3) is 0.375. The summed E-state index contributed by atoms with van der Waals surface area (Å²) in [6.07, 6.45) is 0. The van der Waals surface area contributed by atoms with Gasteiger partial charge in [0.1, 0.15) is 17.4 Å². The molecule has 0 spiro atoms. The number of carbonyl (C=O) groups is 2. The number of ether oxygens (including phenoxy) is 1. The maximum absolute atomic E-state index is 12.3. The van der Waals surface area contributed by atoms with Crippen LogP contribution in [0.15, 0.2) is 22.6 Å². The highest BCUT2D eigenvalue weighted by Gasteiger charge is 2.21. The van der Waals surface area contributed by atoms with E-state index >= 15 is 0 Å². The smallest absolute Gasteiger partial charge is 0.287 e. The Morgan fingerprint density at radius 1 is 1.36 bits per heavy atom. The van der Waals surface area contributed by atoms with Gasteiger partial charge in [-0.25, -0.2) is 0 Å². The summed E-state index contributed by atoms with van der Waals surface area (Å²) >= 11 is 0. The number of amides is 2. The minimum atomic E-state index is -0.630. The molecule has 1 atom stereocenters. The Bertz CT molecular complexity index is 705. The Hall–Kier alpha value is -2.50. The van der Waals surface area contributed by atoms with Crippen molar-refractivity contribution in [1.82, 2.24) is 10.6 Å². The Morgan fingerprint density at radius 2 is 2.09 bits per heavy atom. The summed E-state index contributed by atoms with van der Waals surface area (Å²) in [7, 11) is 1.58. The Kier molecular flexibility index (Phi) is 4.70. The van der Waals surface area contributed by atoms with Gasteiger partial charge in [0.15, 0.2) is 5.76 Å². The normalized spacial score (nSPS) is 12.0. The molecule has 0 saturated carbocycles. The summed E-state index contributed by atoms with van der Waals surface area (Å²) in [6, 6.07) is 4.71. The van der Waals surface area contributed by atoms with Gasteiger partial charge in [0.2, 0.25) is 5.91 Å². The van der Waals surface area contributed by atoms with Gasteiger partial charge < -0.3 is 19.8 Å². The van der Waals surface area contributed by atoms with E-state index in [0.29, 0.717) is 17.9 Å². The first kappa shape index (κ1) is 15.9. The third kappa shape index (κ3) is 3.05. The van der Waals surface area contributed by atoms with Crippen LogP contribution in [-0.2, 0) is 4.79 Å². The number of carbonyl (C=O) groups excluding carboxylic acids is 2. The van der Waals surface area contributed by atoms with Crippen LogP contribution in [0.25, 0.3) is 11.0 Å². The molecule has 0 radical (unpaired) electrons. The number of fused-ring (bicyclic) bond motifs is 1. The van der Waals surface area contributed by atoms with Gasteiger partial charge in [-0.05, 0) is 39.0 Å². The molecule has 6 nitrogen and oxygen atoms in total. The minimum absolute atomic E-state index is 0.208. The number of nitrogens with one attached hydrogen (secondary N) is 2. The maximum atomic E-state index is 12.3. The van der Waals surface area contributed by atoms with E-state index in [2.05, 4.69) is 10.6 Å². The third-order valence-electron chi connectivity index (χ3n) is 3.44. The molecule has 0 bridgehead atoms. The lowest BCUT2D eigenvalue weighted by molar-refractivity contribution is -0.122. The average Bonchev–Trinajstić information content (AvgIpc) is 2.84. The molecule has 1 heterocycles. The van der Waals surface area contributed by atoms with Gasteiger partial charge >= 0.3 is 0 Å². The van der Waals surface area contributed by atoms with E-state index < -0.39 is 11.9 Å². The molecule has 2 amide bonds. The second-order valence-corrected chi connectivity index (χ2v) is 5.01. The van der Waals surface area contributed by atoms with Gasteiger partial charge in [-0.3, -0.25) is 9.59 Å². The van der Waals surface area contributed by atoms with Crippen LogP contribution < -0.4 is 15.4 Å². The first-order valence-electron chi connectivity index (χ1n) is 7.13. The summed E-state index contributed by atoms with van der Waals surface area (Å²) in [5.41, 5.74) is 1.32. The molecule has 1 aromatic heterocycles. The number of rotatable bonds is 5. The van der Waals surface area contributed by atoms with E-state index in [1.54, 1.807) is 33.1 Å². The lowest BCUT2D eigenvalue weighted by Crippen LogP contribution is -2.44. The van der Waals surface area contributed by atoms with Crippen molar-refractivity contribution in [2.45, 2.75) is 26.8 Å². The number of aryl methyl sites for hydroxylation is 1. The van der Waals surface area contributed by atoms with Crippen molar-refractivity contribution in [1.29, 1.82) is 0 Å². The van der Waals surface area contributed by atoms with Crippen LogP contribution in [-0.4, -0.2) is 31.5 Å². The fourth-order valence-electron chi connectivity index (χ4n) is 2.20. The highest BCUT2D eigenvalue weighted by Crippen LogP contribution is 2.28.